The number of hydrogen-bond acceptors (Lipinski definition) is 3. The standard InChI is InChI=1S/C16H27N3O2.HI/c1-5-17-16(18-10-9-12(2)3)19-11-13-7-6-8-14(21-4)15(13)20;/h6-8,12,20H,5,9-11H2,1-4H3,(H2,17,18,19);1H. The van der Waals surface area contributed by atoms with Gasteiger partial charge in [0.15, 0.2) is 17.5 Å². The second-order valence-corrected chi connectivity index (χ2v) is 5.27. The average molecular weight is 421 g/mol. The molecule has 0 heterocycles. The number of aliphatic imine (C=N–C) groups is 1. The first-order valence-electron chi connectivity index (χ1n) is 7.45. The van der Waals surface area contributed by atoms with Crippen molar-refractivity contribution < 1.29 is 9.84 Å². The van der Waals surface area contributed by atoms with Gasteiger partial charge in [0.05, 0.1) is 13.7 Å². The lowest BCUT2D eigenvalue weighted by Crippen LogP contribution is -2.38. The number of phenolic OH excluding ortho intramolecular Hbond substituents is 1. The maximum atomic E-state index is 10.0. The molecule has 5 nitrogen and oxygen atoms in total. The number of nitrogens with zero attached hydrogens (tertiary/aromatic N) is 1. The van der Waals surface area contributed by atoms with Crippen molar-refractivity contribution in [2.75, 3.05) is 20.2 Å². The summed E-state index contributed by atoms with van der Waals surface area (Å²) in [5.74, 6) is 2.05. The van der Waals surface area contributed by atoms with Gasteiger partial charge in [-0.05, 0) is 25.3 Å². The van der Waals surface area contributed by atoms with E-state index in [1.54, 1.807) is 13.2 Å². The highest BCUT2D eigenvalue weighted by Gasteiger charge is 2.07. The van der Waals surface area contributed by atoms with Gasteiger partial charge in [-0.15, -0.1) is 24.0 Å². The molecule has 1 rings (SSSR count). The van der Waals surface area contributed by atoms with E-state index in [1.165, 1.54) is 0 Å². The Labute approximate surface area is 150 Å². The van der Waals surface area contributed by atoms with Gasteiger partial charge in [0.25, 0.3) is 0 Å². The highest BCUT2D eigenvalue weighted by molar-refractivity contribution is 14.0. The Morgan fingerprint density at radius 3 is 2.64 bits per heavy atom. The van der Waals surface area contributed by atoms with Crippen molar-refractivity contribution in [3.8, 4) is 11.5 Å². The summed E-state index contributed by atoms with van der Waals surface area (Å²) in [6.07, 6.45) is 1.09. The van der Waals surface area contributed by atoms with Gasteiger partial charge >= 0.3 is 0 Å². The zero-order valence-electron chi connectivity index (χ0n) is 13.8. The minimum Gasteiger partial charge on any atom is -0.504 e. The Morgan fingerprint density at radius 2 is 2.05 bits per heavy atom. The summed E-state index contributed by atoms with van der Waals surface area (Å²) in [4.78, 5) is 4.50. The first kappa shape index (κ1) is 20.8. The minimum absolute atomic E-state index is 0. The van der Waals surface area contributed by atoms with Crippen LogP contribution in [0.1, 0.15) is 32.8 Å². The maximum absolute atomic E-state index is 10.0. The Morgan fingerprint density at radius 1 is 1.32 bits per heavy atom. The molecule has 0 aliphatic heterocycles. The average Bonchev–Trinajstić information content (AvgIpc) is 2.45. The number of guanidine groups is 1. The van der Waals surface area contributed by atoms with E-state index in [4.69, 9.17) is 4.74 Å². The number of nitrogens with one attached hydrogen (secondary N) is 2. The van der Waals surface area contributed by atoms with E-state index in [2.05, 4.69) is 29.5 Å². The molecule has 0 aliphatic carbocycles. The van der Waals surface area contributed by atoms with Crippen molar-refractivity contribution in [2.45, 2.75) is 33.7 Å². The number of ether oxygens (including phenoxy) is 1. The summed E-state index contributed by atoms with van der Waals surface area (Å²) in [6.45, 7) is 8.51. The van der Waals surface area contributed by atoms with Crippen LogP contribution in [-0.2, 0) is 6.54 Å². The van der Waals surface area contributed by atoms with Gasteiger partial charge < -0.3 is 20.5 Å². The quantitative estimate of drug-likeness (QED) is 0.360. The first-order chi connectivity index (χ1) is 10.1. The lowest BCUT2D eigenvalue weighted by Gasteiger charge is -2.13. The molecule has 0 amide bonds. The molecule has 0 fully saturated rings. The van der Waals surface area contributed by atoms with Crippen LogP contribution in [0.3, 0.4) is 0 Å². The Balaban J connectivity index is 0.00000441. The summed E-state index contributed by atoms with van der Waals surface area (Å²) in [7, 11) is 1.54. The van der Waals surface area contributed by atoms with Crippen molar-refractivity contribution in [1.82, 2.24) is 10.6 Å². The number of phenols is 1. The predicted octanol–water partition coefficient (Wildman–Crippen LogP) is 3.12. The molecule has 0 radical (unpaired) electrons. The molecular formula is C16H28IN3O2. The fraction of sp³-hybridized carbons (Fsp3) is 0.562. The second-order valence-electron chi connectivity index (χ2n) is 5.27. The molecule has 1 aromatic rings. The highest BCUT2D eigenvalue weighted by Crippen LogP contribution is 2.29. The summed E-state index contributed by atoms with van der Waals surface area (Å²) < 4.78 is 5.10. The predicted molar refractivity (Wildman–Crippen MR) is 102 cm³/mol. The van der Waals surface area contributed by atoms with E-state index in [0.29, 0.717) is 18.2 Å². The van der Waals surface area contributed by atoms with Crippen LogP contribution in [0.4, 0.5) is 0 Å². The van der Waals surface area contributed by atoms with Crippen LogP contribution in [0, 0.1) is 5.92 Å². The van der Waals surface area contributed by atoms with Crippen LogP contribution in [0.5, 0.6) is 11.5 Å². The van der Waals surface area contributed by atoms with E-state index >= 15 is 0 Å². The van der Waals surface area contributed by atoms with E-state index in [9.17, 15) is 5.11 Å². The molecule has 6 heteroatoms. The topological polar surface area (TPSA) is 65.9 Å². The number of halogens is 1. The molecule has 0 spiro atoms. The fourth-order valence-electron chi connectivity index (χ4n) is 1.85. The van der Waals surface area contributed by atoms with E-state index in [0.717, 1.165) is 31.0 Å². The smallest absolute Gasteiger partial charge is 0.191 e. The molecule has 0 atom stereocenters. The molecule has 0 saturated heterocycles. The third kappa shape index (κ3) is 7.20. The van der Waals surface area contributed by atoms with Gasteiger partial charge in [0.2, 0.25) is 0 Å². The highest BCUT2D eigenvalue weighted by atomic mass is 127. The summed E-state index contributed by atoms with van der Waals surface area (Å²) in [6, 6.07) is 5.43. The van der Waals surface area contributed by atoms with Crippen LogP contribution in [0.2, 0.25) is 0 Å². The fourth-order valence-corrected chi connectivity index (χ4v) is 1.85. The van der Waals surface area contributed by atoms with Crippen molar-refractivity contribution >= 4 is 29.9 Å². The Bertz CT molecular complexity index is 465. The van der Waals surface area contributed by atoms with Gasteiger partial charge in [0, 0.05) is 18.7 Å². The number of aromatic hydroxyl groups is 1. The van der Waals surface area contributed by atoms with Crippen LogP contribution in [0.15, 0.2) is 23.2 Å². The monoisotopic (exact) mass is 421 g/mol. The van der Waals surface area contributed by atoms with Crippen molar-refractivity contribution in [3.05, 3.63) is 23.8 Å². The van der Waals surface area contributed by atoms with E-state index < -0.39 is 0 Å². The molecule has 0 aromatic heterocycles. The maximum Gasteiger partial charge on any atom is 0.191 e. The van der Waals surface area contributed by atoms with Crippen LogP contribution in [0.25, 0.3) is 0 Å². The van der Waals surface area contributed by atoms with Crippen LogP contribution in [-0.4, -0.2) is 31.3 Å². The first-order valence-corrected chi connectivity index (χ1v) is 7.45. The summed E-state index contributed by atoms with van der Waals surface area (Å²) >= 11 is 0. The third-order valence-corrected chi connectivity index (χ3v) is 3.07. The van der Waals surface area contributed by atoms with Crippen LogP contribution < -0.4 is 15.4 Å². The third-order valence-electron chi connectivity index (χ3n) is 3.07. The molecule has 22 heavy (non-hydrogen) atoms. The van der Waals surface area contributed by atoms with E-state index in [1.807, 2.05) is 19.1 Å². The summed E-state index contributed by atoms with van der Waals surface area (Å²) in [5.41, 5.74) is 0.746. The number of methoxy groups -OCH3 is 1. The zero-order chi connectivity index (χ0) is 15.7. The van der Waals surface area contributed by atoms with E-state index in [-0.39, 0.29) is 29.7 Å². The molecule has 1 aromatic carbocycles. The van der Waals surface area contributed by atoms with Gasteiger partial charge in [-0.1, -0.05) is 26.0 Å². The molecule has 0 aliphatic rings. The molecule has 3 N–H and O–H groups in total. The zero-order valence-corrected chi connectivity index (χ0v) is 16.2. The van der Waals surface area contributed by atoms with Gasteiger partial charge in [0.1, 0.15) is 0 Å². The molecule has 0 saturated carbocycles. The van der Waals surface area contributed by atoms with Crippen molar-refractivity contribution in [1.29, 1.82) is 0 Å². The number of hydrogen-bond donors (Lipinski definition) is 3. The van der Waals surface area contributed by atoms with Gasteiger partial charge in [-0.2, -0.15) is 0 Å². The largest absolute Gasteiger partial charge is 0.504 e. The summed E-state index contributed by atoms with van der Waals surface area (Å²) in [5, 5.41) is 16.5. The molecule has 126 valence electrons. The normalized spacial score (nSPS) is 11.0. The lowest BCUT2D eigenvalue weighted by molar-refractivity contribution is 0.370. The SMILES string of the molecule is CCNC(=NCc1cccc(OC)c1O)NCCC(C)C.I. The van der Waals surface area contributed by atoms with Gasteiger partial charge in [-0.3, -0.25) is 0 Å². The molecular weight excluding hydrogens is 393 g/mol. The van der Waals surface area contributed by atoms with Crippen LogP contribution >= 0.6 is 24.0 Å². The van der Waals surface area contributed by atoms with Gasteiger partial charge in [-0.25, -0.2) is 4.99 Å². The number of rotatable bonds is 7. The minimum atomic E-state index is 0. The van der Waals surface area contributed by atoms with Crippen molar-refractivity contribution in [3.63, 3.8) is 0 Å². The molecule has 0 bridgehead atoms. The second kappa shape index (κ2) is 11.4. The number of benzene rings is 1. The van der Waals surface area contributed by atoms with Crippen molar-refractivity contribution in [2.24, 2.45) is 10.9 Å². The number of para-hydroxylation sites is 1. The Hall–Kier alpha value is -1.18. The lowest BCUT2D eigenvalue weighted by atomic mass is 10.1. The Kier molecular flexibility index (Phi) is 10.8. The molecule has 0 unspecified atom stereocenters.